The van der Waals surface area contributed by atoms with Gasteiger partial charge >= 0.3 is 0 Å². The van der Waals surface area contributed by atoms with Gasteiger partial charge in [-0.15, -0.1) is 0 Å². The van der Waals surface area contributed by atoms with E-state index in [0.717, 1.165) is 16.9 Å². The summed E-state index contributed by atoms with van der Waals surface area (Å²) in [6.07, 6.45) is 0. The van der Waals surface area contributed by atoms with Crippen LogP contribution in [0.2, 0.25) is 0 Å². The number of phenols is 1. The molecular formula is C17H18O4. The van der Waals surface area contributed by atoms with E-state index >= 15 is 0 Å². The highest BCUT2D eigenvalue weighted by Gasteiger charge is 2.20. The Balaban J connectivity index is 1.89. The summed E-state index contributed by atoms with van der Waals surface area (Å²) in [5, 5.41) is 10.2. The summed E-state index contributed by atoms with van der Waals surface area (Å²) in [6.45, 7) is 4.86. The zero-order valence-electron chi connectivity index (χ0n) is 12.1. The minimum absolute atomic E-state index is 0.0511. The number of hydrogen-bond donors (Lipinski definition) is 1. The molecule has 0 saturated heterocycles. The quantitative estimate of drug-likeness (QED) is 0.931. The molecule has 0 saturated carbocycles. The molecular weight excluding hydrogens is 268 g/mol. The third kappa shape index (κ3) is 2.61. The maximum Gasteiger partial charge on any atom is 0.231 e. The Morgan fingerprint density at radius 2 is 1.81 bits per heavy atom. The van der Waals surface area contributed by atoms with Crippen molar-refractivity contribution in [2.45, 2.75) is 19.8 Å². The third-order valence-electron chi connectivity index (χ3n) is 3.68. The van der Waals surface area contributed by atoms with Gasteiger partial charge in [-0.3, -0.25) is 0 Å². The summed E-state index contributed by atoms with van der Waals surface area (Å²) in [5.74, 6) is 2.40. The number of hydrogen-bond acceptors (Lipinski definition) is 4. The first-order chi connectivity index (χ1) is 10.2. The van der Waals surface area contributed by atoms with E-state index in [4.69, 9.17) is 14.2 Å². The number of benzene rings is 2. The molecule has 0 aliphatic carbocycles. The van der Waals surface area contributed by atoms with E-state index in [-0.39, 0.29) is 18.5 Å². The Bertz CT molecular complexity index is 634. The molecule has 0 fully saturated rings. The Morgan fingerprint density at radius 1 is 1.14 bits per heavy atom. The standard InChI is InChI=1S/C17H18O4/c1-3-19-13-6-4-12(5-7-13)11(2)14-8-16-17(9-15(14)18)21-10-20-16/h4-9,11,18H,3,10H2,1-2H3/t11-/m1/s1. The second kappa shape index (κ2) is 5.56. The number of fused-ring (bicyclic) bond motifs is 1. The van der Waals surface area contributed by atoms with E-state index in [1.165, 1.54) is 0 Å². The summed E-state index contributed by atoms with van der Waals surface area (Å²) < 4.78 is 16.1. The van der Waals surface area contributed by atoms with Gasteiger partial charge in [0.25, 0.3) is 0 Å². The fourth-order valence-electron chi connectivity index (χ4n) is 2.49. The summed E-state index contributed by atoms with van der Waals surface area (Å²) in [4.78, 5) is 0. The zero-order valence-corrected chi connectivity index (χ0v) is 12.1. The fourth-order valence-corrected chi connectivity index (χ4v) is 2.49. The average molecular weight is 286 g/mol. The van der Waals surface area contributed by atoms with Crippen molar-refractivity contribution in [3.8, 4) is 23.0 Å². The highest BCUT2D eigenvalue weighted by atomic mass is 16.7. The van der Waals surface area contributed by atoms with Crippen LogP contribution in [0.3, 0.4) is 0 Å². The average Bonchev–Trinajstić information content (AvgIpc) is 2.94. The van der Waals surface area contributed by atoms with Crippen molar-refractivity contribution < 1.29 is 19.3 Å². The molecule has 1 aliphatic heterocycles. The van der Waals surface area contributed by atoms with E-state index in [1.807, 2.05) is 44.2 Å². The Morgan fingerprint density at radius 3 is 2.48 bits per heavy atom. The smallest absolute Gasteiger partial charge is 0.231 e. The van der Waals surface area contributed by atoms with Crippen LogP contribution in [0.5, 0.6) is 23.0 Å². The first kappa shape index (κ1) is 13.6. The molecule has 0 radical (unpaired) electrons. The molecule has 0 amide bonds. The van der Waals surface area contributed by atoms with Crippen LogP contribution in [0.1, 0.15) is 30.9 Å². The zero-order chi connectivity index (χ0) is 14.8. The first-order valence-corrected chi connectivity index (χ1v) is 7.04. The number of aromatic hydroxyl groups is 1. The van der Waals surface area contributed by atoms with Gasteiger partial charge in [0.15, 0.2) is 11.5 Å². The molecule has 0 bridgehead atoms. The van der Waals surface area contributed by atoms with Crippen molar-refractivity contribution in [3.63, 3.8) is 0 Å². The Labute approximate surface area is 123 Å². The molecule has 1 heterocycles. The summed E-state index contributed by atoms with van der Waals surface area (Å²) >= 11 is 0. The molecule has 0 spiro atoms. The second-order valence-electron chi connectivity index (χ2n) is 4.99. The Hall–Kier alpha value is -2.36. The summed E-state index contributed by atoms with van der Waals surface area (Å²) in [6, 6.07) is 11.4. The van der Waals surface area contributed by atoms with Gasteiger partial charge in [-0.05, 0) is 30.7 Å². The lowest BCUT2D eigenvalue weighted by atomic mass is 9.92. The predicted molar refractivity (Wildman–Crippen MR) is 79.4 cm³/mol. The van der Waals surface area contributed by atoms with Gasteiger partial charge in [-0.1, -0.05) is 19.1 Å². The van der Waals surface area contributed by atoms with Gasteiger partial charge < -0.3 is 19.3 Å². The fraction of sp³-hybridized carbons (Fsp3) is 0.294. The maximum absolute atomic E-state index is 10.2. The lowest BCUT2D eigenvalue weighted by Crippen LogP contribution is -1.98. The molecule has 1 atom stereocenters. The molecule has 2 aromatic rings. The highest BCUT2D eigenvalue weighted by molar-refractivity contribution is 5.54. The second-order valence-corrected chi connectivity index (χ2v) is 4.99. The monoisotopic (exact) mass is 286 g/mol. The topological polar surface area (TPSA) is 47.9 Å². The van der Waals surface area contributed by atoms with Crippen molar-refractivity contribution in [2.24, 2.45) is 0 Å². The lowest BCUT2D eigenvalue weighted by molar-refractivity contribution is 0.174. The molecule has 110 valence electrons. The van der Waals surface area contributed by atoms with Crippen LogP contribution < -0.4 is 14.2 Å². The van der Waals surface area contributed by atoms with E-state index in [1.54, 1.807) is 6.07 Å². The highest BCUT2D eigenvalue weighted by Crippen LogP contribution is 2.41. The maximum atomic E-state index is 10.2. The van der Waals surface area contributed by atoms with Gasteiger partial charge in [0.2, 0.25) is 6.79 Å². The Kier molecular flexibility index (Phi) is 3.60. The first-order valence-electron chi connectivity index (χ1n) is 7.04. The summed E-state index contributed by atoms with van der Waals surface area (Å²) in [5.41, 5.74) is 1.93. The minimum atomic E-state index is 0.0511. The summed E-state index contributed by atoms with van der Waals surface area (Å²) in [7, 11) is 0. The van der Waals surface area contributed by atoms with Crippen molar-refractivity contribution in [1.29, 1.82) is 0 Å². The van der Waals surface area contributed by atoms with Crippen molar-refractivity contribution >= 4 is 0 Å². The normalized spacial score (nSPS) is 14.0. The minimum Gasteiger partial charge on any atom is -0.508 e. The number of ether oxygens (including phenoxy) is 3. The molecule has 21 heavy (non-hydrogen) atoms. The molecule has 0 aromatic heterocycles. The third-order valence-corrected chi connectivity index (χ3v) is 3.68. The van der Waals surface area contributed by atoms with Crippen LogP contribution in [0.15, 0.2) is 36.4 Å². The van der Waals surface area contributed by atoms with Crippen LogP contribution in [0, 0.1) is 0 Å². The molecule has 2 aromatic carbocycles. The van der Waals surface area contributed by atoms with Crippen LogP contribution in [0.25, 0.3) is 0 Å². The molecule has 3 rings (SSSR count). The van der Waals surface area contributed by atoms with Crippen LogP contribution in [-0.4, -0.2) is 18.5 Å². The van der Waals surface area contributed by atoms with Gasteiger partial charge in [0, 0.05) is 17.5 Å². The van der Waals surface area contributed by atoms with Crippen molar-refractivity contribution in [3.05, 3.63) is 47.5 Å². The number of phenolic OH excluding ortho intramolecular Hbond substituents is 1. The largest absolute Gasteiger partial charge is 0.508 e. The predicted octanol–water partition coefficient (Wildman–Crippen LogP) is 3.67. The molecule has 4 heteroatoms. The lowest BCUT2D eigenvalue weighted by Gasteiger charge is -2.15. The van der Waals surface area contributed by atoms with Gasteiger partial charge in [-0.25, -0.2) is 0 Å². The molecule has 0 unspecified atom stereocenters. The van der Waals surface area contributed by atoms with E-state index in [0.29, 0.717) is 18.1 Å². The van der Waals surface area contributed by atoms with Gasteiger partial charge in [0.05, 0.1) is 6.61 Å². The SMILES string of the molecule is CCOc1ccc([C@@H](C)c2cc3c(cc2O)OCO3)cc1. The number of rotatable bonds is 4. The molecule has 1 aliphatic rings. The van der Waals surface area contributed by atoms with Crippen LogP contribution in [0.4, 0.5) is 0 Å². The molecule has 1 N–H and O–H groups in total. The van der Waals surface area contributed by atoms with Crippen LogP contribution in [-0.2, 0) is 0 Å². The van der Waals surface area contributed by atoms with Crippen molar-refractivity contribution in [2.75, 3.05) is 13.4 Å². The van der Waals surface area contributed by atoms with E-state index in [2.05, 4.69) is 0 Å². The van der Waals surface area contributed by atoms with E-state index in [9.17, 15) is 5.11 Å². The van der Waals surface area contributed by atoms with Crippen LogP contribution >= 0.6 is 0 Å². The van der Waals surface area contributed by atoms with Gasteiger partial charge in [-0.2, -0.15) is 0 Å². The molecule has 4 nitrogen and oxygen atoms in total. The van der Waals surface area contributed by atoms with E-state index < -0.39 is 0 Å². The van der Waals surface area contributed by atoms with Crippen molar-refractivity contribution in [1.82, 2.24) is 0 Å². The van der Waals surface area contributed by atoms with Gasteiger partial charge in [0.1, 0.15) is 11.5 Å².